The van der Waals surface area contributed by atoms with Crippen LogP contribution in [0.15, 0.2) is 18.2 Å². The molecule has 2 rings (SSSR count). The van der Waals surface area contributed by atoms with E-state index in [2.05, 4.69) is 42.1 Å². The minimum atomic E-state index is 0.311. The zero-order valence-electron chi connectivity index (χ0n) is 13.5. The van der Waals surface area contributed by atoms with Crippen LogP contribution in [-0.2, 0) is 13.1 Å². The number of hydrogen-bond donors (Lipinski definition) is 1. The van der Waals surface area contributed by atoms with Gasteiger partial charge in [0.15, 0.2) is 0 Å². The van der Waals surface area contributed by atoms with Gasteiger partial charge in [0, 0.05) is 31.8 Å². The van der Waals surface area contributed by atoms with E-state index in [0.29, 0.717) is 19.1 Å². The molecule has 21 heavy (non-hydrogen) atoms. The van der Waals surface area contributed by atoms with Crippen molar-refractivity contribution in [2.75, 3.05) is 40.4 Å². The normalized spacial score (nSPS) is 19.4. The standard InChI is InChI=1S/C17H28N2O2/c1-4-21-17-6-5-14(9-16(17)12-18(2)3)10-19-8-7-15(11-19)13-20/h5-6,9,15,20H,4,7-8,10-13H2,1-3H3/t15-/m0/s1. The Morgan fingerprint density at radius 2 is 2.19 bits per heavy atom. The maximum absolute atomic E-state index is 9.24. The first-order valence-electron chi connectivity index (χ1n) is 7.85. The second kappa shape index (κ2) is 7.78. The van der Waals surface area contributed by atoms with Gasteiger partial charge in [0.2, 0.25) is 0 Å². The summed E-state index contributed by atoms with van der Waals surface area (Å²) in [6.07, 6.45) is 1.11. The molecule has 1 N–H and O–H groups in total. The van der Waals surface area contributed by atoms with Gasteiger partial charge in [-0.25, -0.2) is 0 Å². The third-order valence-electron chi connectivity index (χ3n) is 3.95. The molecule has 0 radical (unpaired) electrons. The van der Waals surface area contributed by atoms with Gasteiger partial charge >= 0.3 is 0 Å². The summed E-state index contributed by atoms with van der Waals surface area (Å²) < 4.78 is 5.72. The number of rotatable bonds is 7. The van der Waals surface area contributed by atoms with E-state index < -0.39 is 0 Å². The maximum atomic E-state index is 9.24. The summed E-state index contributed by atoms with van der Waals surface area (Å²) in [4.78, 5) is 4.59. The summed E-state index contributed by atoms with van der Waals surface area (Å²) in [5.74, 6) is 1.44. The van der Waals surface area contributed by atoms with E-state index in [1.54, 1.807) is 0 Å². The molecule has 0 unspecified atom stereocenters. The largest absolute Gasteiger partial charge is 0.494 e. The fourth-order valence-corrected chi connectivity index (χ4v) is 2.96. The Morgan fingerprint density at radius 1 is 1.38 bits per heavy atom. The minimum Gasteiger partial charge on any atom is -0.494 e. The van der Waals surface area contributed by atoms with Gasteiger partial charge in [-0.15, -0.1) is 0 Å². The fourth-order valence-electron chi connectivity index (χ4n) is 2.96. The predicted octanol–water partition coefficient (Wildman–Crippen LogP) is 1.96. The molecule has 4 heteroatoms. The van der Waals surface area contributed by atoms with Crippen LogP contribution < -0.4 is 4.74 Å². The molecule has 1 heterocycles. The van der Waals surface area contributed by atoms with Crippen LogP contribution in [0.4, 0.5) is 0 Å². The van der Waals surface area contributed by atoms with Gasteiger partial charge in [0.05, 0.1) is 6.61 Å². The van der Waals surface area contributed by atoms with Crippen molar-refractivity contribution < 1.29 is 9.84 Å². The van der Waals surface area contributed by atoms with Crippen molar-refractivity contribution in [2.45, 2.75) is 26.4 Å². The summed E-state index contributed by atoms with van der Waals surface area (Å²) in [7, 11) is 4.16. The molecular weight excluding hydrogens is 264 g/mol. The Hall–Kier alpha value is -1.10. The van der Waals surface area contributed by atoms with E-state index in [4.69, 9.17) is 4.74 Å². The molecule has 0 aliphatic carbocycles. The molecule has 1 saturated heterocycles. The molecule has 1 aliphatic rings. The summed E-state index contributed by atoms with van der Waals surface area (Å²) in [6, 6.07) is 6.52. The quantitative estimate of drug-likeness (QED) is 0.833. The molecule has 1 fully saturated rings. The van der Waals surface area contributed by atoms with Crippen molar-refractivity contribution in [3.05, 3.63) is 29.3 Å². The number of benzene rings is 1. The third kappa shape index (κ3) is 4.70. The summed E-state index contributed by atoms with van der Waals surface area (Å²) >= 11 is 0. The maximum Gasteiger partial charge on any atom is 0.123 e. The van der Waals surface area contributed by atoms with Crippen molar-refractivity contribution in [1.82, 2.24) is 9.80 Å². The first kappa shape index (κ1) is 16.3. The lowest BCUT2D eigenvalue weighted by atomic mass is 10.1. The van der Waals surface area contributed by atoms with Gasteiger partial charge < -0.3 is 14.7 Å². The Labute approximate surface area is 128 Å². The third-order valence-corrected chi connectivity index (χ3v) is 3.95. The van der Waals surface area contributed by atoms with Crippen molar-refractivity contribution in [2.24, 2.45) is 5.92 Å². The van der Waals surface area contributed by atoms with Crippen molar-refractivity contribution >= 4 is 0 Å². The van der Waals surface area contributed by atoms with Crippen LogP contribution in [0.25, 0.3) is 0 Å². The monoisotopic (exact) mass is 292 g/mol. The molecule has 0 saturated carbocycles. The number of ether oxygens (including phenoxy) is 1. The Bertz CT molecular complexity index is 448. The molecule has 0 aromatic heterocycles. The number of likely N-dealkylation sites (tertiary alicyclic amines) is 1. The lowest BCUT2D eigenvalue weighted by Crippen LogP contribution is -2.21. The highest BCUT2D eigenvalue weighted by molar-refractivity contribution is 5.37. The number of aliphatic hydroxyl groups is 1. The molecule has 0 amide bonds. The number of nitrogens with zero attached hydrogens (tertiary/aromatic N) is 2. The number of hydrogen-bond acceptors (Lipinski definition) is 4. The van der Waals surface area contributed by atoms with Crippen LogP contribution in [0.2, 0.25) is 0 Å². The molecule has 118 valence electrons. The predicted molar refractivity (Wildman–Crippen MR) is 85.5 cm³/mol. The molecule has 4 nitrogen and oxygen atoms in total. The zero-order chi connectivity index (χ0) is 15.2. The van der Waals surface area contributed by atoms with Crippen molar-refractivity contribution in [3.63, 3.8) is 0 Å². The first-order valence-corrected chi connectivity index (χ1v) is 7.85. The van der Waals surface area contributed by atoms with Crippen LogP contribution >= 0.6 is 0 Å². The molecule has 1 aliphatic heterocycles. The lowest BCUT2D eigenvalue weighted by Gasteiger charge is -2.19. The van der Waals surface area contributed by atoms with Gasteiger partial charge in [0.1, 0.15) is 5.75 Å². The van der Waals surface area contributed by atoms with Gasteiger partial charge in [-0.1, -0.05) is 6.07 Å². The highest BCUT2D eigenvalue weighted by Crippen LogP contribution is 2.24. The highest BCUT2D eigenvalue weighted by atomic mass is 16.5. The molecule has 0 bridgehead atoms. The van der Waals surface area contributed by atoms with Crippen LogP contribution in [0.5, 0.6) is 5.75 Å². The van der Waals surface area contributed by atoms with Gasteiger partial charge in [-0.05, 0) is 57.6 Å². The average Bonchev–Trinajstić information content (AvgIpc) is 2.89. The molecule has 1 aromatic rings. The van der Waals surface area contributed by atoms with E-state index >= 15 is 0 Å². The van der Waals surface area contributed by atoms with E-state index in [-0.39, 0.29) is 0 Å². The fraction of sp³-hybridized carbons (Fsp3) is 0.647. The number of aliphatic hydroxyl groups excluding tert-OH is 1. The van der Waals surface area contributed by atoms with Gasteiger partial charge in [-0.3, -0.25) is 4.90 Å². The second-order valence-corrected chi connectivity index (χ2v) is 6.19. The summed E-state index contributed by atoms with van der Waals surface area (Å²) in [5, 5.41) is 9.24. The average molecular weight is 292 g/mol. The highest BCUT2D eigenvalue weighted by Gasteiger charge is 2.21. The van der Waals surface area contributed by atoms with Crippen molar-refractivity contribution in [1.29, 1.82) is 0 Å². The topological polar surface area (TPSA) is 35.9 Å². The smallest absolute Gasteiger partial charge is 0.123 e. The molecule has 1 atom stereocenters. The zero-order valence-corrected chi connectivity index (χ0v) is 13.5. The van der Waals surface area contributed by atoms with Crippen molar-refractivity contribution in [3.8, 4) is 5.75 Å². The van der Waals surface area contributed by atoms with E-state index in [9.17, 15) is 5.11 Å². The second-order valence-electron chi connectivity index (χ2n) is 6.19. The van der Waals surface area contributed by atoms with Gasteiger partial charge in [0.25, 0.3) is 0 Å². The Balaban J connectivity index is 2.06. The van der Waals surface area contributed by atoms with E-state index in [1.165, 1.54) is 11.1 Å². The summed E-state index contributed by atoms with van der Waals surface area (Å²) in [6.45, 7) is 6.97. The first-order chi connectivity index (χ1) is 10.1. The van der Waals surface area contributed by atoms with Crippen LogP contribution in [-0.4, -0.2) is 55.3 Å². The van der Waals surface area contributed by atoms with E-state index in [1.807, 2.05) is 6.92 Å². The van der Waals surface area contributed by atoms with E-state index in [0.717, 1.165) is 38.3 Å². The summed E-state index contributed by atoms with van der Waals surface area (Å²) in [5.41, 5.74) is 2.58. The molecule has 1 aromatic carbocycles. The Kier molecular flexibility index (Phi) is 6.03. The Morgan fingerprint density at radius 3 is 2.81 bits per heavy atom. The minimum absolute atomic E-state index is 0.311. The van der Waals surface area contributed by atoms with Crippen LogP contribution in [0.3, 0.4) is 0 Å². The van der Waals surface area contributed by atoms with Crippen LogP contribution in [0.1, 0.15) is 24.5 Å². The van der Waals surface area contributed by atoms with Gasteiger partial charge in [-0.2, -0.15) is 0 Å². The van der Waals surface area contributed by atoms with Crippen LogP contribution in [0, 0.1) is 5.92 Å². The lowest BCUT2D eigenvalue weighted by molar-refractivity contribution is 0.220. The molecule has 0 spiro atoms. The SMILES string of the molecule is CCOc1ccc(CN2CC[C@H](CO)C2)cc1CN(C)C. The molecular formula is C17H28N2O2.